The molecule has 0 radical (unpaired) electrons. The molecule has 5 nitrogen and oxygen atoms in total. The highest BCUT2D eigenvalue weighted by molar-refractivity contribution is 6.06. The van der Waals surface area contributed by atoms with Crippen LogP contribution >= 0.6 is 0 Å². The summed E-state index contributed by atoms with van der Waals surface area (Å²) in [6.45, 7) is 2.59. The zero-order valence-corrected chi connectivity index (χ0v) is 11.9. The molecule has 0 bridgehead atoms. The van der Waals surface area contributed by atoms with Gasteiger partial charge in [0.15, 0.2) is 0 Å². The highest BCUT2D eigenvalue weighted by atomic mass is 16.4. The molecule has 1 amide bonds. The van der Waals surface area contributed by atoms with E-state index in [2.05, 4.69) is 4.98 Å². The highest BCUT2D eigenvalue weighted by Gasteiger charge is 2.39. The number of aliphatic carboxylic acids is 1. The van der Waals surface area contributed by atoms with Crippen molar-refractivity contribution in [3.05, 3.63) is 36.0 Å². The number of hydrogen-bond donors (Lipinski definition) is 2. The Balaban J connectivity index is 1.90. The van der Waals surface area contributed by atoms with Crippen LogP contribution in [-0.2, 0) is 4.79 Å². The number of fused-ring (bicyclic) bond motifs is 1. The fourth-order valence-electron chi connectivity index (χ4n) is 3.01. The summed E-state index contributed by atoms with van der Waals surface area (Å²) in [5.41, 5.74) is 0.680. The van der Waals surface area contributed by atoms with Gasteiger partial charge >= 0.3 is 5.97 Å². The van der Waals surface area contributed by atoms with Gasteiger partial charge in [-0.25, -0.2) is 0 Å². The van der Waals surface area contributed by atoms with Crippen molar-refractivity contribution < 1.29 is 14.7 Å². The van der Waals surface area contributed by atoms with Crippen LogP contribution < -0.4 is 0 Å². The largest absolute Gasteiger partial charge is 0.481 e. The number of benzene rings is 1. The number of para-hydroxylation sites is 1. The van der Waals surface area contributed by atoms with Crippen LogP contribution in [0.5, 0.6) is 0 Å². The maximum Gasteiger partial charge on any atom is 0.311 e. The number of amides is 1. The zero-order valence-electron chi connectivity index (χ0n) is 11.9. The Labute approximate surface area is 122 Å². The van der Waals surface area contributed by atoms with E-state index in [1.807, 2.05) is 24.3 Å². The number of aromatic amines is 1. The van der Waals surface area contributed by atoms with E-state index in [1.165, 1.54) is 0 Å². The molecular weight excluding hydrogens is 268 g/mol. The lowest BCUT2D eigenvalue weighted by Gasteiger charge is -2.37. The van der Waals surface area contributed by atoms with Gasteiger partial charge in [0.2, 0.25) is 0 Å². The average molecular weight is 286 g/mol. The Kier molecular flexibility index (Phi) is 3.20. The smallest absolute Gasteiger partial charge is 0.311 e. The molecule has 1 saturated heterocycles. The molecule has 110 valence electrons. The molecular formula is C16H18N2O3. The molecule has 2 heterocycles. The van der Waals surface area contributed by atoms with Crippen LogP contribution in [0.1, 0.15) is 30.1 Å². The number of likely N-dealkylation sites (tertiary alicyclic amines) is 1. The van der Waals surface area contributed by atoms with Gasteiger partial charge in [-0.2, -0.15) is 0 Å². The van der Waals surface area contributed by atoms with Crippen LogP contribution in [0.2, 0.25) is 0 Å². The number of carboxylic acids is 1. The molecule has 1 aliphatic heterocycles. The van der Waals surface area contributed by atoms with Crippen LogP contribution in [0.25, 0.3) is 10.9 Å². The number of piperidine rings is 1. The molecule has 3 rings (SSSR count). The maximum absolute atomic E-state index is 12.7. The number of hydrogen-bond acceptors (Lipinski definition) is 2. The minimum Gasteiger partial charge on any atom is -0.481 e. The van der Waals surface area contributed by atoms with E-state index in [0.29, 0.717) is 18.5 Å². The summed E-state index contributed by atoms with van der Waals surface area (Å²) in [6, 6.07) is 7.63. The quantitative estimate of drug-likeness (QED) is 0.890. The number of carbonyl (C=O) groups excluding carboxylic acids is 1. The summed E-state index contributed by atoms with van der Waals surface area (Å²) >= 11 is 0. The van der Waals surface area contributed by atoms with Gasteiger partial charge < -0.3 is 15.0 Å². The average Bonchev–Trinajstić information content (AvgIpc) is 2.90. The molecule has 5 heteroatoms. The lowest BCUT2D eigenvalue weighted by atomic mass is 9.82. The molecule has 0 saturated carbocycles. The molecule has 1 aliphatic rings. The Morgan fingerprint density at radius 3 is 2.86 bits per heavy atom. The number of aromatic nitrogens is 1. The van der Waals surface area contributed by atoms with Crippen LogP contribution in [0.3, 0.4) is 0 Å². The Morgan fingerprint density at radius 1 is 1.33 bits per heavy atom. The molecule has 2 N–H and O–H groups in total. The monoisotopic (exact) mass is 286 g/mol. The summed E-state index contributed by atoms with van der Waals surface area (Å²) in [7, 11) is 0. The first-order valence-electron chi connectivity index (χ1n) is 7.10. The lowest BCUT2D eigenvalue weighted by Crippen LogP contribution is -2.48. The van der Waals surface area contributed by atoms with Crippen molar-refractivity contribution in [2.45, 2.75) is 19.8 Å². The molecule has 1 aromatic heterocycles. The second kappa shape index (κ2) is 4.91. The van der Waals surface area contributed by atoms with Gasteiger partial charge in [0.25, 0.3) is 5.91 Å². The van der Waals surface area contributed by atoms with Crippen molar-refractivity contribution >= 4 is 22.8 Å². The summed E-state index contributed by atoms with van der Waals surface area (Å²) in [6.07, 6.45) is 3.04. The minimum atomic E-state index is -0.847. The summed E-state index contributed by atoms with van der Waals surface area (Å²) in [4.78, 5) is 28.8. The normalized spacial score (nSPS) is 22.4. The molecule has 0 aliphatic carbocycles. The van der Waals surface area contributed by atoms with E-state index in [4.69, 9.17) is 0 Å². The van der Waals surface area contributed by atoms with Crippen molar-refractivity contribution in [2.24, 2.45) is 5.41 Å². The van der Waals surface area contributed by atoms with E-state index in [9.17, 15) is 14.7 Å². The SMILES string of the molecule is CC1(C(=O)O)CCCN(C(=O)c2c[nH]c3ccccc23)C1. The fourth-order valence-corrected chi connectivity index (χ4v) is 3.01. The molecule has 1 aromatic carbocycles. The molecule has 21 heavy (non-hydrogen) atoms. The molecule has 0 spiro atoms. The van der Waals surface area contributed by atoms with Crippen LogP contribution in [0, 0.1) is 5.41 Å². The fraction of sp³-hybridized carbons (Fsp3) is 0.375. The molecule has 2 aromatic rings. The topological polar surface area (TPSA) is 73.4 Å². The van der Waals surface area contributed by atoms with Crippen molar-refractivity contribution in [2.75, 3.05) is 13.1 Å². The van der Waals surface area contributed by atoms with Gasteiger partial charge in [-0.15, -0.1) is 0 Å². The number of nitrogens with zero attached hydrogens (tertiary/aromatic N) is 1. The third-order valence-electron chi connectivity index (χ3n) is 4.32. The summed E-state index contributed by atoms with van der Waals surface area (Å²) < 4.78 is 0. The number of nitrogens with one attached hydrogen (secondary N) is 1. The second-order valence-corrected chi connectivity index (χ2v) is 5.94. The van der Waals surface area contributed by atoms with Crippen molar-refractivity contribution in [1.29, 1.82) is 0 Å². The molecule has 1 atom stereocenters. The summed E-state index contributed by atoms with van der Waals surface area (Å²) in [5, 5.41) is 10.2. The van der Waals surface area contributed by atoms with E-state index >= 15 is 0 Å². The standard InChI is InChI=1S/C16H18N2O3/c1-16(15(20)21)7-4-8-18(10-16)14(19)12-9-17-13-6-3-2-5-11(12)13/h2-3,5-6,9,17H,4,7-8,10H2,1H3,(H,20,21). The summed E-state index contributed by atoms with van der Waals surface area (Å²) in [5.74, 6) is -0.932. The van der Waals surface area contributed by atoms with Crippen LogP contribution in [0.4, 0.5) is 0 Å². The van der Waals surface area contributed by atoms with Crippen molar-refractivity contribution in [1.82, 2.24) is 9.88 Å². The first kappa shape index (κ1) is 13.7. The van der Waals surface area contributed by atoms with Gasteiger partial charge in [-0.1, -0.05) is 18.2 Å². The van der Waals surface area contributed by atoms with Gasteiger partial charge in [-0.05, 0) is 25.8 Å². The maximum atomic E-state index is 12.7. The van der Waals surface area contributed by atoms with Crippen molar-refractivity contribution in [3.63, 3.8) is 0 Å². The number of H-pyrrole nitrogens is 1. The predicted octanol–water partition coefficient (Wildman–Crippen LogP) is 2.49. The van der Waals surface area contributed by atoms with Crippen molar-refractivity contribution in [3.8, 4) is 0 Å². The van der Waals surface area contributed by atoms with E-state index < -0.39 is 11.4 Å². The Bertz CT molecular complexity index is 706. The van der Waals surface area contributed by atoms with Gasteiger partial charge in [0, 0.05) is 30.2 Å². The first-order valence-corrected chi connectivity index (χ1v) is 7.10. The third-order valence-corrected chi connectivity index (χ3v) is 4.32. The Morgan fingerprint density at radius 2 is 2.10 bits per heavy atom. The van der Waals surface area contributed by atoms with E-state index in [0.717, 1.165) is 17.3 Å². The van der Waals surface area contributed by atoms with Gasteiger partial charge in [-0.3, -0.25) is 9.59 Å². The highest BCUT2D eigenvalue weighted by Crippen LogP contribution is 2.31. The van der Waals surface area contributed by atoms with Gasteiger partial charge in [0.1, 0.15) is 0 Å². The van der Waals surface area contributed by atoms with Gasteiger partial charge in [0.05, 0.1) is 11.0 Å². The Hall–Kier alpha value is -2.30. The third kappa shape index (κ3) is 2.28. The van der Waals surface area contributed by atoms with E-state index in [-0.39, 0.29) is 12.5 Å². The van der Waals surface area contributed by atoms with E-state index in [1.54, 1.807) is 18.0 Å². The van der Waals surface area contributed by atoms with Crippen LogP contribution in [-0.4, -0.2) is 40.0 Å². The minimum absolute atomic E-state index is 0.0976. The lowest BCUT2D eigenvalue weighted by molar-refractivity contribution is -0.150. The molecule has 1 fully saturated rings. The number of rotatable bonds is 2. The number of carboxylic acid groups (broad SMARTS) is 1. The second-order valence-electron chi connectivity index (χ2n) is 5.94. The number of carbonyl (C=O) groups is 2. The van der Waals surface area contributed by atoms with Crippen LogP contribution in [0.15, 0.2) is 30.5 Å². The molecule has 1 unspecified atom stereocenters. The first-order chi connectivity index (χ1) is 10.0. The zero-order chi connectivity index (χ0) is 15.0. The predicted molar refractivity (Wildman–Crippen MR) is 79.2 cm³/mol.